The van der Waals surface area contributed by atoms with E-state index in [0.29, 0.717) is 11.4 Å². The van der Waals surface area contributed by atoms with Crippen molar-refractivity contribution in [2.24, 2.45) is 4.99 Å². The van der Waals surface area contributed by atoms with Gasteiger partial charge >= 0.3 is 0 Å². The number of nitrogens with one attached hydrogen (secondary N) is 1. The van der Waals surface area contributed by atoms with E-state index in [9.17, 15) is 4.79 Å². The topological polar surface area (TPSA) is 54.4 Å². The highest BCUT2D eigenvalue weighted by Gasteiger charge is 2.22. The SMILES string of the molecule is CC1=NC(=O)c2sc3ccc4ncccc4c3c2NC1. The number of amides is 1. The Balaban J connectivity index is 2.12. The predicted molar refractivity (Wildman–Crippen MR) is 83.1 cm³/mol. The van der Waals surface area contributed by atoms with Gasteiger partial charge in [0.1, 0.15) is 4.88 Å². The quantitative estimate of drug-likeness (QED) is 0.686. The predicted octanol–water partition coefficient (Wildman–Crippen LogP) is 3.48. The standard InChI is InChI=1S/C15H11N3OS/c1-8-7-17-13-12-9-3-2-6-16-10(9)4-5-11(12)20-14(13)15(19)18-8/h2-6,17H,7H2,1H3. The molecule has 0 aliphatic carbocycles. The van der Waals surface area contributed by atoms with Crippen molar-refractivity contribution in [2.75, 3.05) is 11.9 Å². The summed E-state index contributed by atoms with van der Waals surface area (Å²) in [5, 5.41) is 5.50. The first-order valence-corrected chi connectivity index (χ1v) is 7.18. The van der Waals surface area contributed by atoms with Gasteiger partial charge < -0.3 is 5.32 Å². The Bertz CT molecular complexity index is 895. The van der Waals surface area contributed by atoms with Crippen LogP contribution in [-0.4, -0.2) is 23.1 Å². The Morgan fingerprint density at radius 1 is 1.30 bits per heavy atom. The third-order valence-corrected chi connectivity index (χ3v) is 4.59. The van der Waals surface area contributed by atoms with Crippen molar-refractivity contribution < 1.29 is 4.79 Å². The Morgan fingerprint density at radius 2 is 2.20 bits per heavy atom. The van der Waals surface area contributed by atoms with Crippen molar-refractivity contribution >= 4 is 49.6 Å². The van der Waals surface area contributed by atoms with Gasteiger partial charge in [-0.25, -0.2) is 4.99 Å². The van der Waals surface area contributed by atoms with E-state index in [1.165, 1.54) is 11.3 Å². The van der Waals surface area contributed by atoms with Gasteiger partial charge in [-0.3, -0.25) is 9.78 Å². The normalized spacial score (nSPS) is 14.8. The molecule has 1 aliphatic rings. The van der Waals surface area contributed by atoms with E-state index in [0.717, 1.165) is 32.4 Å². The second-order valence-electron chi connectivity index (χ2n) is 4.82. The molecule has 4 rings (SSSR count). The molecular formula is C15H11N3OS. The van der Waals surface area contributed by atoms with E-state index in [2.05, 4.69) is 15.3 Å². The van der Waals surface area contributed by atoms with Crippen LogP contribution < -0.4 is 5.32 Å². The van der Waals surface area contributed by atoms with Gasteiger partial charge in [-0.1, -0.05) is 6.07 Å². The summed E-state index contributed by atoms with van der Waals surface area (Å²) >= 11 is 1.49. The van der Waals surface area contributed by atoms with Crippen LogP contribution in [0.1, 0.15) is 16.6 Å². The van der Waals surface area contributed by atoms with E-state index < -0.39 is 0 Å². The molecule has 0 saturated carbocycles. The summed E-state index contributed by atoms with van der Waals surface area (Å²) in [6.45, 7) is 2.46. The van der Waals surface area contributed by atoms with Crippen LogP contribution in [0.15, 0.2) is 35.5 Å². The molecule has 1 aromatic carbocycles. The molecule has 1 aliphatic heterocycles. The van der Waals surface area contributed by atoms with Gasteiger partial charge in [0.25, 0.3) is 5.91 Å². The van der Waals surface area contributed by atoms with E-state index >= 15 is 0 Å². The summed E-state index contributed by atoms with van der Waals surface area (Å²) in [5.41, 5.74) is 2.65. The highest BCUT2D eigenvalue weighted by atomic mass is 32.1. The van der Waals surface area contributed by atoms with Crippen LogP contribution in [0.2, 0.25) is 0 Å². The van der Waals surface area contributed by atoms with Gasteiger partial charge in [0.2, 0.25) is 0 Å². The lowest BCUT2D eigenvalue weighted by molar-refractivity contribution is 0.101. The van der Waals surface area contributed by atoms with E-state index in [4.69, 9.17) is 0 Å². The Hall–Kier alpha value is -2.27. The lowest BCUT2D eigenvalue weighted by Crippen LogP contribution is -2.08. The first-order valence-electron chi connectivity index (χ1n) is 6.36. The van der Waals surface area contributed by atoms with E-state index in [-0.39, 0.29) is 5.91 Å². The molecule has 0 atom stereocenters. The zero-order chi connectivity index (χ0) is 13.7. The fourth-order valence-electron chi connectivity index (χ4n) is 2.55. The second kappa shape index (κ2) is 4.11. The first kappa shape index (κ1) is 11.5. The minimum atomic E-state index is -0.152. The van der Waals surface area contributed by atoms with Crippen LogP contribution in [0, 0.1) is 0 Å². The Kier molecular flexibility index (Phi) is 2.37. The fourth-order valence-corrected chi connectivity index (χ4v) is 3.63. The molecule has 0 radical (unpaired) electrons. The number of fused-ring (bicyclic) bond motifs is 5. The van der Waals surface area contributed by atoms with Crippen molar-refractivity contribution in [1.29, 1.82) is 0 Å². The number of thiophene rings is 1. The number of nitrogens with zero attached hydrogens (tertiary/aromatic N) is 2. The molecule has 0 fully saturated rings. The maximum absolute atomic E-state index is 12.2. The number of aromatic nitrogens is 1. The number of carbonyl (C=O) groups is 1. The lowest BCUT2D eigenvalue weighted by Gasteiger charge is -2.05. The van der Waals surface area contributed by atoms with Crippen molar-refractivity contribution in [3.05, 3.63) is 35.3 Å². The molecule has 0 unspecified atom stereocenters. The van der Waals surface area contributed by atoms with Crippen molar-refractivity contribution in [3.63, 3.8) is 0 Å². The van der Waals surface area contributed by atoms with Crippen LogP contribution in [0.4, 0.5) is 5.69 Å². The van der Waals surface area contributed by atoms with E-state index in [1.54, 1.807) is 6.20 Å². The molecule has 2 aromatic heterocycles. The average Bonchev–Trinajstić information content (AvgIpc) is 2.78. The zero-order valence-electron chi connectivity index (χ0n) is 10.8. The molecule has 5 heteroatoms. The van der Waals surface area contributed by atoms with Gasteiger partial charge in [0.05, 0.1) is 17.7 Å². The average molecular weight is 281 g/mol. The highest BCUT2D eigenvalue weighted by molar-refractivity contribution is 7.21. The minimum absolute atomic E-state index is 0.152. The largest absolute Gasteiger partial charge is 0.378 e. The molecule has 1 N–H and O–H groups in total. The lowest BCUT2D eigenvalue weighted by atomic mass is 10.1. The number of hydrogen-bond acceptors (Lipinski definition) is 4. The van der Waals surface area contributed by atoms with E-state index in [1.807, 2.05) is 31.2 Å². The van der Waals surface area contributed by atoms with Gasteiger partial charge in [-0.05, 0) is 25.1 Å². The highest BCUT2D eigenvalue weighted by Crippen LogP contribution is 2.40. The Morgan fingerprint density at radius 3 is 3.10 bits per heavy atom. The summed E-state index contributed by atoms with van der Waals surface area (Å²) in [6, 6.07) is 7.98. The van der Waals surface area contributed by atoms with Crippen LogP contribution in [-0.2, 0) is 0 Å². The first-order chi connectivity index (χ1) is 9.74. The maximum atomic E-state index is 12.2. The summed E-state index contributed by atoms with van der Waals surface area (Å²) in [6.07, 6.45) is 1.78. The van der Waals surface area contributed by atoms with Crippen LogP contribution in [0.25, 0.3) is 21.0 Å². The van der Waals surface area contributed by atoms with Crippen molar-refractivity contribution in [1.82, 2.24) is 4.98 Å². The Labute approximate surface area is 119 Å². The van der Waals surface area contributed by atoms with Gasteiger partial charge in [0, 0.05) is 27.4 Å². The number of carbonyl (C=O) groups excluding carboxylic acids is 1. The number of aliphatic imine (C=N–C) groups is 1. The molecule has 0 saturated heterocycles. The summed E-state index contributed by atoms with van der Waals surface area (Å²) in [4.78, 5) is 21.4. The molecule has 0 spiro atoms. The molecule has 98 valence electrons. The smallest absolute Gasteiger partial charge is 0.289 e. The van der Waals surface area contributed by atoms with Crippen LogP contribution in [0.3, 0.4) is 0 Å². The minimum Gasteiger partial charge on any atom is -0.378 e. The van der Waals surface area contributed by atoms with Crippen LogP contribution >= 0.6 is 11.3 Å². The third-order valence-electron chi connectivity index (χ3n) is 3.44. The van der Waals surface area contributed by atoms with Gasteiger partial charge in [-0.2, -0.15) is 0 Å². The molecule has 4 nitrogen and oxygen atoms in total. The molecule has 3 aromatic rings. The number of pyridine rings is 1. The molecule has 1 amide bonds. The summed E-state index contributed by atoms with van der Waals surface area (Å²) in [5.74, 6) is -0.152. The zero-order valence-corrected chi connectivity index (χ0v) is 11.6. The monoisotopic (exact) mass is 281 g/mol. The summed E-state index contributed by atoms with van der Waals surface area (Å²) in [7, 11) is 0. The van der Waals surface area contributed by atoms with Gasteiger partial charge in [0.15, 0.2) is 0 Å². The third kappa shape index (κ3) is 1.56. The molecule has 0 bridgehead atoms. The number of rotatable bonds is 0. The number of anilines is 1. The van der Waals surface area contributed by atoms with Crippen LogP contribution in [0.5, 0.6) is 0 Å². The number of hydrogen-bond donors (Lipinski definition) is 1. The summed E-state index contributed by atoms with van der Waals surface area (Å²) < 4.78 is 1.09. The molecule has 20 heavy (non-hydrogen) atoms. The number of benzene rings is 1. The van der Waals surface area contributed by atoms with Crippen molar-refractivity contribution in [3.8, 4) is 0 Å². The maximum Gasteiger partial charge on any atom is 0.289 e. The fraction of sp³-hybridized carbons (Fsp3) is 0.133. The molecular weight excluding hydrogens is 270 g/mol. The van der Waals surface area contributed by atoms with Gasteiger partial charge in [-0.15, -0.1) is 11.3 Å². The van der Waals surface area contributed by atoms with Crippen molar-refractivity contribution in [2.45, 2.75) is 6.92 Å². The second-order valence-corrected chi connectivity index (χ2v) is 5.87. The molecule has 3 heterocycles.